The Morgan fingerprint density at radius 1 is 0.947 bits per heavy atom. The normalized spacial score (nSPS) is 13.5. The first kappa shape index (κ1) is 25.0. The smallest absolute Gasteiger partial charge is 0.313 e. The molecule has 2 N–H and O–H groups in total. The first-order valence-corrected chi connectivity index (χ1v) is 12.5. The van der Waals surface area contributed by atoms with Crippen LogP contribution in [0.1, 0.15) is 28.8 Å². The second-order valence-electron chi connectivity index (χ2n) is 9.15. The Hall–Kier alpha value is -4.63. The minimum Gasteiger partial charge on any atom is -0.341 e. The van der Waals surface area contributed by atoms with Crippen LogP contribution in [0.25, 0.3) is 17.1 Å². The summed E-state index contributed by atoms with van der Waals surface area (Å²) >= 11 is 0. The largest absolute Gasteiger partial charge is 0.341 e. The van der Waals surface area contributed by atoms with Crippen molar-refractivity contribution in [2.24, 2.45) is 5.92 Å². The molecule has 1 saturated carbocycles. The number of nitrogens with one attached hydrogen (secondary N) is 2. The Morgan fingerprint density at radius 3 is 2.42 bits per heavy atom. The number of amides is 2. The van der Waals surface area contributed by atoms with E-state index in [1.54, 1.807) is 24.5 Å². The van der Waals surface area contributed by atoms with Crippen LogP contribution in [0.2, 0.25) is 0 Å². The second-order valence-corrected chi connectivity index (χ2v) is 9.15. The number of aromatic nitrogens is 3. The Bertz CT molecular complexity index is 1420. The molecule has 192 valence electrons. The predicted octanol–water partition coefficient (Wildman–Crippen LogP) is 3.30. The van der Waals surface area contributed by atoms with Gasteiger partial charge in [0.15, 0.2) is 5.82 Å². The third-order valence-corrected chi connectivity index (χ3v) is 6.22. The number of carbonyl (C=O) groups excluding carboxylic acids is 3. The van der Waals surface area contributed by atoms with Crippen molar-refractivity contribution in [2.75, 3.05) is 6.61 Å². The summed E-state index contributed by atoms with van der Waals surface area (Å²) in [6.45, 7) is 0.364. The highest BCUT2D eigenvalue weighted by Crippen LogP contribution is 2.28. The third-order valence-electron chi connectivity index (χ3n) is 6.22. The maximum absolute atomic E-state index is 13.4. The molecule has 2 aromatic carbocycles. The van der Waals surface area contributed by atoms with Crippen molar-refractivity contribution >= 4 is 17.6 Å². The number of hydroxylamine groups is 1. The summed E-state index contributed by atoms with van der Waals surface area (Å²) in [4.78, 5) is 48.6. The number of hydrogen-bond acceptors (Lipinski definition) is 6. The zero-order chi connectivity index (χ0) is 26.3. The zero-order valence-electron chi connectivity index (χ0n) is 20.6. The number of benzene rings is 2. The van der Waals surface area contributed by atoms with Gasteiger partial charge in [-0.05, 0) is 42.5 Å². The minimum absolute atomic E-state index is 0.136. The standard InChI is InChI=1S/C29H27N5O4/c35-26(29(37)33-38-19-21-13-14-21)25(18-20-8-3-1-4-9-20)31-28(36)23-12-7-16-30-27(23)34-17-15-24(32-34)22-10-5-2-6-11-22/h1-12,15-17,21,25H,13-14,18-19H2,(H,31,36)(H,33,37). The maximum atomic E-state index is 13.4. The summed E-state index contributed by atoms with van der Waals surface area (Å²) < 4.78 is 1.52. The van der Waals surface area contributed by atoms with Gasteiger partial charge in [0.25, 0.3) is 5.91 Å². The van der Waals surface area contributed by atoms with Crippen molar-refractivity contribution in [3.63, 3.8) is 0 Å². The number of rotatable bonds is 11. The molecular formula is C29H27N5O4. The van der Waals surface area contributed by atoms with Crippen molar-refractivity contribution in [1.82, 2.24) is 25.6 Å². The van der Waals surface area contributed by atoms with Gasteiger partial charge in [0.05, 0.1) is 17.9 Å². The molecule has 1 aliphatic rings. The number of hydrogen-bond donors (Lipinski definition) is 2. The molecule has 0 saturated heterocycles. The predicted molar refractivity (Wildman–Crippen MR) is 140 cm³/mol. The van der Waals surface area contributed by atoms with E-state index < -0.39 is 23.6 Å². The van der Waals surface area contributed by atoms with Crippen LogP contribution in [0.5, 0.6) is 0 Å². The minimum atomic E-state index is -1.11. The fourth-order valence-electron chi connectivity index (χ4n) is 3.97. The number of nitrogens with zero attached hydrogens (tertiary/aromatic N) is 3. The lowest BCUT2D eigenvalue weighted by Crippen LogP contribution is -2.49. The lowest BCUT2D eigenvalue weighted by Gasteiger charge is -2.18. The van der Waals surface area contributed by atoms with Gasteiger partial charge < -0.3 is 5.32 Å². The molecule has 2 heterocycles. The number of Topliss-reactive ketones (excluding diaryl/α,β-unsaturated/α-hetero) is 1. The van der Waals surface area contributed by atoms with Gasteiger partial charge in [-0.15, -0.1) is 0 Å². The maximum Gasteiger partial charge on any atom is 0.313 e. The van der Waals surface area contributed by atoms with E-state index >= 15 is 0 Å². The summed E-state index contributed by atoms with van der Waals surface area (Å²) in [5.41, 5.74) is 4.88. The lowest BCUT2D eigenvalue weighted by molar-refractivity contribution is -0.147. The van der Waals surface area contributed by atoms with E-state index in [1.165, 1.54) is 4.68 Å². The number of ketones is 1. The van der Waals surface area contributed by atoms with E-state index in [0.717, 1.165) is 29.7 Å². The topological polar surface area (TPSA) is 115 Å². The van der Waals surface area contributed by atoms with Gasteiger partial charge >= 0.3 is 5.91 Å². The van der Waals surface area contributed by atoms with Crippen LogP contribution in [0, 0.1) is 5.92 Å². The van der Waals surface area contributed by atoms with E-state index in [4.69, 9.17) is 4.84 Å². The molecule has 4 aromatic rings. The molecule has 0 aliphatic heterocycles. The Labute approximate surface area is 219 Å². The highest BCUT2D eigenvalue weighted by molar-refractivity contribution is 6.38. The molecule has 5 rings (SSSR count). The quantitative estimate of drug-likeness (QED) is 0.237. The summed E-state index contributed by atoms with van der Waals surface area (Å²) in [6.07, 6.45) is 5.52. The van der Waals surface area contributed by atoms with Gasteiger partial charge in [-0.25, -0.2) is 15.1 Å². The molecule has 38 heavy (non-hydrogen) atoms. The molecule has 2 amide bonds. The molecule has 1 atom stereocenters. The molecule has 0 bridgehead atoms. The summed E-state index contributed by atoms with van der Waals surface area (Å²) in [7, 11) is 0. The molecule has 9 nitrogen and oxygen atoms in total. The van der Waals surface area contributed by atoms with Gasteiger partial charge in [0, 0.05) is 24.4 Å². The summed E-state index contributed by atoms with van der Waals surface area (Å²) in [6, 6.07) is 22.8. The monoisotopic (exact) mass is 509 g/mol. The lowest BCUT2D eigenvalue weighted by atomic mass is 10.0. The highest BCUT2D eigenvalue weighted by atomic mass is 16.7. The third kappa shape index (κ3) is 6.19. The van der Waals surface area contributed by atoms with Gasteiger partial charge in [0.2, 0.25) is 5.78 Å². The fraction of sp³-hybridized carbons (Fsp3) is 0.207. The second kappa shape index (κ2) is 11.6. The number of carbonyl (C=O) groups is 3. The van der Waals surface area contributed by atoms with Crippen LogP contribution in [-0.4, -0.2) is 45.0 Å². The van der Waals surface area contributed by atoms with Crippen LogP contribution in [0.4, 0.5) is 0 Å². The van der Waals surface area contributed by atoms with Crippen LogP contribution in [0.3, 0.4) is 0 Å². The van der Waals surface area contributed by atoms with Gasteiger partial charge in [-0.2, -0.15) is 5.10 Å². The van der Waals surface area contributed by atoms with Crippen molar-refractivity contribution < 1.29 is 19.2 Å². The van der Waals surface area contributed by atoms with Crippen LogP contribution >= 0.6 is 0 Å². The SMILES string of the molecule is O=C(NOCC1CC1)C(=O)C(Cc1ccccc1)NC(=O)c1cccnc1-n1ccc(-c2ccccc2)n1. The Balaban J connectivity index is 1.36. The van der Waals surface area contributed by atoms with Gasteiger partial charge in [0.1, 0.15) is 6.04 Å². The van der Waals surface area contributed by atoms with Crippen molar-refractivity contribution in [2.45, 2.75) is 25.3 Å². The molecule has 9 heteroatoms. The molecule has 1 unspecified atom stereocenters. The molecule has 0 radical (unpaired) electrons. The van der Waals surface area contributed by atoms with Crippen LogP contribution in [-0.2, 0) is 20.8 Å². The van der Waals surface area contributed by atoms with Gasteiger partial charge in [-0.1, -0.05) is 60.7 Å². The van der Waals surface area contributed by atoms with Crippen molar-refractivity contribution in [1.29, 1.82) is 0 Å². The highest BCUT2D eigenvalue weighted by Gasteiger charge is 2.30. The van der Waals surface area contributed by atoms with E-state index in [2.05, 4.69) is 20.9 Å². The van der Waals surface area contributed by atoms with Crippen LogP contribution in [0.15, 0.2) is 91.3 Å². The van der Waals surface area contributed by atoms with Gasteiger partial charge in [-0.3, -0.25) is 19.2 Å². The average Bonchev–Trinajstić information content (AvgIpc) is 3.65. The van der Waals surface area contributed by atoms with E-state index in [9.17, 15) is 14.4 Å². The van der Waals surface area contributed by atoms with Crippen LogP contribution < -0.4 is 10.8 Å². The van der Waals surface area contributed by atoms with Crippen molar-refractivity contribution in [3.05, 3.63) is 102 Å². The van der Waals surface area contributed by atoms with Crippen molar-refractivity contribution in [3.8, 4) is 17.1 Å². The fourth-order valence-corrected chi connectivity index (χ4v) is 3.97. The average molecular weight is 510 g/mol. The first-order valence-electron chi connectivity index (χ1n) is 12.5. The van der Waals surface area contributed by atoms with E-state index in [0.29, 0.717) is 18.3 Å². The Kier molecular flexibility index (Phi) is 7.65. The molecule has 1 fully saturated rings. The zero-order valence-corrected chi connectivity index (χ0v) is 20.6. The Morgan fingerprint density at radius 2 is 1.68 bits per heavy atom. The number of pyridine rings is 1. The first-order chi connectivity index (χ1) is 18.6. The molecule has 2 aromatic heterocycles. The molecule has 0 spiro atoms. The summed E-state index contributed by atoms with van der Waals surface area (Å²) in [5, 5.41) is 7.32. The van der Waals surface area contributed by atoms with E-state index in [1.807, 2.05) is 66.7 Å². The van der Waals surface area contributed by atoms with E-state index in [-0.39, 0.29) is 12.0 Å². The summed E-state index contributed by atoms with van der Waals surface area (Å²) in [5.74, 6) is -1.54. The molecule has 1 aliphatic carbocycles. The molecular weight excluding hydrogens is 482 g/mol.